The third-order valence-electron chi connectivity index (χ3n) is 4.20. The lowest BCUT2D eigenvalue weighted by molar-refractivity contribution is -0.122. The van der Waals surface area contributed by atoms with E-state index in [2.05, 4.69) is 30.3 Å². The number of nitrogens with two attached hydrogens (primary N) is 1. The van der Waals surface area contributed by atoms with Gasteiger partial charge in [0.15, 0.2) is 0 Å². The van der Waals surface area contributed by atoms with Crippen molar-refractivity contribution in [2.75, 3.05) is 6.54 Å². The van der Waals surface area contributed by atoms with Crippen molar-refractivity contribution in [3.8, 4) is 5.75 Å². The molecule has 0 aromatic heterocycles. The van der Waals surface area contributed by atoms with Crippen molar-refractivity contribution in [2.24, 2.45) is 5.73 Å². The van der Waals surface area contributed by atoms with Crippen LogP contribution in [0, 0.1) is 0 Å². The van der Waals surface area contributed by atoms with Crippen LogP contribution in [0.5, 0.6) is 5.75 Å². The summed E-state index contributed by atoms with van der Waals surface area (Å²) in [5, 5.41) is 17.0. The lowest BCUT2D eigenvalue weighted by Gasteiger charge is -2.31. The van der Waals surface area contributed by atoms with Gasteiger partial charge in [0.25, 0.3) is 6.47 Å². The largest absolute Gasteiger partial charge is 0.508 e. The van der Waals surface area contributed by atoms with E-state index < -0.39 is 0 Å². The molecular formula is C18H21NO3. The highest BCUT2D eigenvalue weighted by Crippen LogP contribution is 2.42. The Hall–Kier alpha value is -2.33. The molecule has 4 N–H and O–H groups in total. The van der Waals surface area contributed by atoms with E-state index in [9.17, 15) is 5.11 Å². The Labute approximate surface area is 130 Å². The lowest BCUT2D eigenvalue weighted by atomic mass is 9.74. The highest BCUT2D eigenvalue weighted by atomic mass is 16.3. The Morgan fingerprint density at radius 1 is 1.14 bits per heavy atom. The van der Waals surface area contributed by atoms with Crippen molar-refractivity contribution in [3.63, 3.8) is 0 Å². The van der Waals surface area contributed by atoms with Gasteiger partial charge in [0.1, 0.15) is 5.75 Å². The molecule has 3 rings (SSSR count). The molecule has 0 heterocycles. The first-order valence-corrected chi connectivity index (χ1v) is 7.34. The summed E-state index contributed by atoms with van der Waals surface area (Å²) in [6, 6.07) is 16.3. The van der Waals surface area contributed by atoms with Crippen LogP contribution in [0.15, 0.2) is 48.5 Å². The topological polar surface area (TPSA) is 83.5 Å². The minimum Gasteiger partial charge on any atom is -0.508 e. The molecule has 0 saturated carbocycles. The van der Waals surface area contributed by atoms with Crippen molar-refractivity contribution in [1.29, 1.82) is 0 Å². The van der Waals surface area contributed by atoms with Gasteiger partial charge < -0.3 is 15.9 Å². The van der Waals surface area contributed by atoms with Gasteiger partial charge >= 0.3 is 0 Å². The Morgan fingerprint density at radius 2 is 1.82 bits per heavy atom. The quantitative estimate of drug-likeness (QED) is 0.745. The number of carbonyl (C=O) groups is 1. The van der Waals surface area contributed by atoms with Crippen molar-refractivity contribution >= 4 is 6.47 Å². The van der Waals surface area contributed by atoms with Crippen LogP contribution in [0.2, 0.25) is 0 Å². The highest BCUT2D eigenvalue weighted by Gasteiger charge is 2.28. The van der Waals surface area contributed by atoms with Crippen LogP contribution in [-0.4, -0.2) is 23.2 Å². The van der Waals surface area contributed by atoms with E-state index in [1.165, 1.54) is 11.1 Å². The molecular weight excluding hydrogens is 278 g/mol. The molecule has 0 spiro atoms. The Balaban J connectivity index is 0.000000545. The molecule has 0 bridgehead atoms. The van der Waals surface area contributed by atoms with E-state index in [1.54, 1.807) is 6.07 Å². The van der Waals surface area contributed by atoms with E-state index >= 15 is 0 Å². The van der Waals surface area contributed by atoms with E-state index in [-0.39, 0.29) is 6.47 Å². The van der Waals surface area contributed by atoms with E-state index in [0.29, 0.717) is 24.1 Å². The van der Waals surface area contributed by atoms with Crippen molar-refractivity contribution < 1.29 is 15.0 Å². The number of rotatable bonds is 2. The summed E-state index contributed by atoms with van der Waals surface area (Å²) in [5.74, 6) is 1.22. The number of hydrogen-bond donors (Lipinski definition) is 3. The predicted octanol–water partition coefficient (Wildman–Crippen LogP) is 2.87. The van der Waals surface area contributed by atoms with Gasteiger partial charge in [-0.15, -0.1) is 0 Å². The molecule has 2 aromatic rings. The number of aromatic hydroxyl groups is 1. The zero-order chi connectivity index (χ0) is 15.9. The normalized spacial score (nSPS) is 19.5. The number of hydrogen-bond acceptors (Lipinski definition) is 3. The van der Waals surface area contributed by atoms with Crippen LogP contribution in [-0.2, 0) is 11.2 Å². The van der Waals surface area contributed by atoms with E-state index in [4.69, 9.17) is 15.6 Å². The van der Waals surface area contributed by atoms with Gasteiger partial charge in [0.2, 0.25) is 0 Å². The second-order valence-corrected chi connectivity index (χ2v) is 5.43. The minimum absolute atomic E-state index is 0.250. The van der Waals surface area contributed by atoms with Crippen LogP contribution in [0.4, 0.5) is 0 Å². The van der Waals surface area contributed by atoms with Gasteiger partial charge in [-0.05, 0) is 54.0 Å². The van der Waals surface area contributed by atoms with Crippen molar-refractivity contribution in [1.82, 2.24) is 0 Å². The number of fused-ring (bicyclic) bond motifs is 1. The molecule has 116 valence electrons. The molecule has 0 fully saturated rings. The number of phenolic OH excluding ortho intramolecular Hbond substituents is 1. The molecule has 1 aliphatic rings. The lowest BCUT2D eigenvalue weighted by Crippen LogP contribution is -2.23. The molecule has 0 unspecified atom stereocenters. The van der Waals surface area contributed by atoms with Crippen molar-refractivity contribution in [2.45, 2.75) is 24.7 Å². The summed E-state index contributed by atoms with van der Waals surface area (Å²) >= 11 is 0. The Morgan fingerprint density at radius 3 is 2.45 bits per heavy atom. The van der Waals surface area contributed by atoms with E-state index in [1.807, 2.05) is 12.1 Å². The first-order valence-electron chi connectivity index (χ1n) is 7.34. The summed E-state index contributed by atoms with van der Waals surface area (Å²) in [6.07, 6.45) is 1.97. The molecule has 4 heteroatoms. The molecule has 4 nitrogen and oxygen atoms in total. The SMILES string of the molecule is NC[C@@H]1C[C@H](c2ccccc2)Cc2c(O)cccc21.O=CO. The Kier molecular flexibility index (Phi) is 5.55. The third-order valence-corrected chi connectivity index (χ3v) is 4.20. The average molecular weight is 299 g/mol. The first kappa shape index (κ1) is 16.0. The fourth-order valence-corrected chi connectivity index (χ4v) is 3.20. The van der Waals surface area contributed by atoms with Crippen LogP contribution in [0.1, 0.15) is 34.9 Å². The van der Waals surface area contributed by atoms with Gasteiger partial charge in [-0.2, -0.15) is 0 Å². The summed E-state index contributed by atoms with van der Waals surface area (Å²) in [6.45, 7) is 0.389. The summed E-state index contributed by atoms with van der Waals surface area (Å²) in [5.41, 5.74) is 9.58. The molecule has 2 aromatic carbocycles. The predicted molar refractivity (Wildman–Crippen MR) is 86.1 cm³/mol. The average Bonchev–Trinajstić information content (AvgIpc) is 2.56. The second-order valence-electron chi connectivity index (χ2n) is 5.43. The van der Waals surface area contributed by atoms with Gasteiger partial charge in [0, 0.05) is 0 Å². The van der Waals surface area contributed by atoms with Gasteiger partial charge in [0.05, 0.1) is 0 Å². The summed E-state index contributed by atoms with van der Waals surface area (Å²) < 4.78 is 0. The van der Waals surface area contributed by atoms with Gasteiger partial charge in [-0.1, -0.05) is 42.5 Å². The number of benzene rings is 2. The molecule has 0 radical (unpaired) electrons. The monoisotopic (exact) mass is 299 g/mol. The number of carboxylic acid groups (broad SMARTS) is 1. The maximum atomic E-state index is 10.1. The summed E-state index contributed by atoms with van der Waals surface area (Å²) in [7, 11) is 0. The standard InChI is InChI=1S/C17H19NO.CH2O2/c18-11-14-9-13(12-5-2-1-3-6-12)10-16-15(14)7-4-8-17(16)19;2-1-3/h1-8,13-14,19H,9-11,18H2;1H,(H,2,3)/t13-,14-;/m0./s1. The first-order chi connectivity index (χ1) is 10.7. The van der Waals surface area contributed by atoms with Crippen LogP contribution in [0.3, 0.4) is 0 Å². The van der Waals surface area contributed by atoms with Crippen LogP contribution < -0.4 is 5.73 Å². The fraction of sp³-hybridized carbons (Fsp3) is 0.278. The van der Waals surface area contributed by atoms with Gasteiger partial charge in [-0.3, -0.25) is 4.79 Å². The molecule has 0 aliphatic heterocycles. The summed E-state index contributed by atoms with van der Waals surface area (Å²) in [4.78, 5) is 8.36. The zero-order valence-electron chi connectivity index (χ0n) is 12.4. The zero-order valence-corrected chi connectivity index (χ0v) is 12.4. The third kappa shape index (κ3) is 3.46. The van der Waals surface area contributed by atoms with Crippen LogP contribution in [0.25, 0.3) is 0 Å². The fourth-order valence-electron chi connectivity index (χ4n) is 3.20. The minimum atomic E-state index is -0.250. The second kappa shape index (κ2) is 7.61. The maximum absolute atomic E-state index is 10.1. The smallest absolute Gasteiger partial charge is 0.290 e. The van der Waals surface area contributed by atoms with Gasteiger partial charge in [-0.25, -0.2) is 0 Å². The molecule has 0 amide bonds. The highest BCUT2D eigenvalue weighted by molar-refractivity contribution is 5.45. The maximum Gasteiger partial charge on any atom is 0.290 e. The molecule has 22 heavy (non-hydrogen) atoms. The molecule has 2 atom stereocenters. The number of phenols is 1. The molecule has 1 aliphatic carbocycles. The molecule has 0 saturated heterocycles. The van der Waals surface area contributed by atoms with E-state index in [0.717, 1.165) is 18.4 Å². The van der Waals surface area contributed by atoms with Crippen LogP contribution >= 0.6 is 0 Å². The Bertz CT molecular complexity index is 613. The van der Waals surface area contributed by atoms with Crippen molar-refractivity contribution in [3.05, 3.63) is 65.2 Å².